The molecule has 0 amide bonds. The first kappa shape index (κ1) is 22.1. The van der Waals surface area contributed by atoms with Gasteiger partial charge >= 0.3 is 0 Å². The van der Waals surface area contributed by atoms with Crippen LogP contribution in [0.1, 0.15) is 80.8 Å². The number of aryl methyl sites for hydroxylation is 4. The number of hydrogen-bond donors (Lipinski definition) is 0. The Morgan fingerprint density at radius 1 is 0.700 bits per heavy atom. The van der Waals surface area contributed by atoms with E-state index in [0.717, 1.165) is 61.1 Å². The van der Waals surface area contributed by atoms with Gasteiger partial charge in [0.25, 0.3) is 0 Å². The minimum Gasteiger partial charge on any atom is -0.448 e. The molecule has 2 heteroatoms. The van der Waals surface area contributed by atoms with Crippen LogP contribution in [-0.4, -0.2) is 10.4 Å². The summed E-state index contributed by atoms with van der Waals surface area (Å²) >= 11 is 0. The summed E-state index contributed by atoms with van der Waals surface area (Å²) in [6.45, 7) is 11.0. The van der Waals surface area contributed by atoms with Crippen LogP contribution in [0.25, 0.3) is 11.5 Å². The van der Waals surface area contributed by atoms with E-state index >= 15 is 0 Å². The predicted octanol–water partition coefficient (Wildman–Crippen LogP) is 7.49. The molecule has 0 spiro atoms. The lowest BCUT2D eigenvalue weighted by Gasteiger charge is -2.12. The van der Waals surface area contributed by atoms with Crippen LogP contribution in [0.4, 0.5) is 0 Å². The number of nitrogens with zero attached hydrogens (tertiary/aromatic N) is 1. The van der Waals surface area contributed by atoms with Crippen LogP contribution >= 0.6 is 0 Å². The van der Waals surface area contributed by atoms with E-state index < -0.39 is 0 Å². The SMILES string of the molecule is CCCC=C1C=C(c2cc(CC)cc(CC)c2)[N+]([NH-])=C1c1cc(CC)cc(CC)c1. The number of rotatable bonds is 8. The molecule has 0 atom stereocenters. The standard InChI is InChI=1S/C28H36N2/c1-6-11-12-24-19-27(25-15-20(7-2)13-21(8-3)16-25)30(29)28(24)26-17-22(9-4)14-23(10-5)18-26/h12-19,29H,6-11H2,1-5H3. The van der Waals surface area contributed by atoms with Crippen LogP contribution in [0.5, 0.6) is 0 Å². The summed E-state index contributed by atoms with van der Waals surface area (Å²) in [7, 11) is 0. The highest BCUT2D eigenvalue weighted by molar-refractivity contribution is 6.15. The summed E-state index contributed by atoms with van der Waals surface area (Å²) in [5.41, 5.74) is 10.9. The molecule has 1 N–H and O–H groups in total. The molecule has 0 fully saturated rings. The molecule has 30 heavy (non-hydrogen) atoms. The Balaban J connectivity index is 2.19. The smallest absolute Gasteiger partial charge is 0.215 e. The highest BCUT2D eigenvalue weighted by Gasteiger charge is 2.28. The third-order valence-corrected chi connectivity index (χ3v) is 5.99. The van der Waals surface area contributed by atoms with Gasteiger partial charge in [0.1, 0.15) is 0 Å². The first-order valence-corrected chi connectivity index (χ1v) is 11.6. The van der Waals surface area contributed by atoms with E-state index in [1.807, 2.05) is 0 Å². The number of benzene rings is 2. The van der Waals surface area contributed by atoms with Crippen molar-refractivity contribution in [2.75, 3.05) is 0 Å². The van der Waals surface area contributed by atoms with Crippen molar-refractivity contribution in [3.63, 3.8) is 0 Å². The highest BCUT2D eigenvalue weighted by Crippen LogP contribution is 2.31. The first-order valence-electron chi connectivity index (χ1n) is 11.6. The van der Waals surface area contributed by atoms with E-state index in [1.165, 1.54) is 27.8 Å². The molecule has 1 aliphatic heterocycles. The van der Waals surface area contributed by atoms with Gasteiger partial charge in [0.2, 0.25) is 11.4 Å². The zero-order valence-electron chi connectivity index (χ0n) is 19.3. The van der Waals surface area contributed by atoms with Crippen LogP contribution in [0.15, 0.2) is 54.1 Å². The number of hydrogen-bond acceptors (Lipinski definition) is 0. The van der Waals surface area contributed by atoms with Crippen molar-refractivity contribution >= 4 is 11.4 Å². The summed E-state index contributed by atoms with van der Waals surface area (Å²) in [6, 6.07) is 13.7. The van der Waals surface area contributed by atoms with Gasteiger partial charge in [0.05, 0.1) is 0 Å². The fraction of sp³-hybridized carbons (Fsp3) is 0.393. The normalized spacial score (nSPS) is 15.2. The molecule has 0 unspecified atom stereocenters. The van der Waals surface area contributed by atoms with Gasteiger partial charge in [-0.2, -0.15) is 0 Å². The quantitative estimate of drug-likeness (QED) is 0.411. The Morgan fingerprint density at radius 2 is 1.17 bits per heavy atom. The summed E-state index contributed by atoms with van der Waals surface area (Å²) in [4.78, 5) is 0. The van der Waals surface area contributed by atoms with E-state index in [0.29, 0.717) is 0 Å². The van der Waals surface area contributed by atoms with Gasteiger partial charge in [-0.1, -0.05) is 59.2 Å². The van der Waals surface area contributed by atoms with Crippen LogP contribution in [0.2, 0.25) is 0 Å². The van der Waals surface area contributed by atoms with Crippen molar-refractivity contribution in [2.24, 2.45) is 0 Å². The van der Waals surface area contributed by atoms with Gasteiger partial charge in [-0.05, 0) is 78.6 Å². The number of nitrogens with one attached hydrogen (secondary N) is 1. The Kier molecular flexibility index (Phi) is 7.31. The van der Waals surface area contributed by atoms with Crippen molar-refractivity contribution in [2.45, 2.75) is 73.1 Å². The summed E-state index contributed by atoms with van der Waals surface area (Å²) in [6.07, 6.45) is 10.7. The summed E-state index contributed by atoms with van der Waals surface area (Å²) in [5.74, 6) is 9.08. The summed E-state index contributed by atoms with van der Waals surface area (Å²) < 4.78 is 1.67. The molecule has 0 saturated carbocycles. The third kappa shape index (κ3) is 4.59. The second-order valence-electron chi connectivity index (χ2n) is 8.15. The van der Waals surface area contributed by atoms with E-state index in [1.54, 1.807) is 4.68 Å². The van der Waals surface area contributed by atoms with Crippen molar-refractivity contribution in [1.82, 2.24) is 0 Å². The molecule has 0 saturated heterocycles. The van der Waals surface area contributed by atoms with Gasteiger partial charge in [-0.3, -0.25) is 0 Å². The minimum atomic E-state index is 0.984. The maximum Gasteiger partial charge on any atom is 0.215 e. The fourth-order valence-corrected chi connectivity index (χ4v) is 4.12. The average molecular weight is 401 g/mol. The first-order chi connectivity index (χ1) is 14.5. The topological polar surface area (TPSA) is 26.8 Å². The highest BCUT2D eigenvalue weighted by atomic mass is 15.3. The van der Waals surface area contributed by atoms with Crippen LogP contribution in [-0.2, 0) is 25.7 Å². The fourth-order valence-electron chi connectivity index (χ4n) is 4.12. The molecule has 1 heterocycles. The average Bonchev–Trinajstić information content (AvgIpc) is 3.12. The molecule has 0 bridgehead atoms. The van der Waals surface area contributed by atoms with Crippen molar-refractivity contribution in [3.8, 4) is 0 Å². The van der Waals surface area contributed by atoms with Crippen LogP contribution in [0.3, 0.4) is 0 Å². The molecular formula is C28H36N2. The molecule has 2 nitrogen and oxygen atoms in total. The lowest BCUT2D eigenvalue weighted by molar-refractivity contribution is -0.347. The molecule has 2 aromatic rings. The lowest BCUT2D eigenvalue weighted by atomic mass is 9.96. The summed E-state index contributed by atoms with van der Waals surface area (Å²) in [5, 5.41) is 0. The Hall–Kier alpha value is -2.61. The van der Waals surface area contributed by atoms with Gasteiger partial charge in [0, 0.05) is 22.8 Å². The zero-order valence-corrected chi connectivity index (χ0v) is 19.3. The minimum absolute atomic E-state index is 0.984. The number of allylic oxidation sites excluding steroid dienone is 3. The van der Waals surface area contributed by atoms with E-state index in [-0.39, 0.29) is 0 Å². The second kappa shape index (κ2) is 9.93. The maximum atomic E-state index is 9.08. The molecule has 1 aliphatic rings. The monoisotopic (exact) mass is 400 g/mol. The zero-order chi connectivity index (χ0) is 21.7. The van der Waals surface area contributed by atoms with Gasteiger partial charge in [-0.25, -0.2) is 4.68 Å². The van der Waals surface area contributed by atoms with Crippen LogP contribution < -0.4 is 0 Å². The van der Waals surface area contributed by atoms with E-state index in [2.05, 4.69) is 83.2 Å². The van der Waals surface area contributed by atoms with Gasteiger partial charge in [-0.15, -0.1) is 0 Å². The Labute approximate surface area is 182 Å². The molecule has 0 aliphatic carbocycles. The Morgan fingerprint density at radius 3 is 1.60 bits per heavy atom. The van der Waals surface area contributed by atoms with Gasteiger partial charge in [0.15, 0.2) is 0 Å². The molecule has 158 valence electrons. The van der Waals surface area contributed by atoms with Crippen molar-refractivity contribution in [1.29, 1.82) is 0 Å². The molecule has 2 aromatic carbocycles. The largest absolute Gasteiger partial charge is 0.448 e. The lowest BCUT2D eigenvalue weighted by Crippen LogP contribution is -2.12. The van der Waals surface area contributed by atoms with Crippen molar-refractivity contribution in [3.05, 3.63) is 93.3 Å². The Bertz CT molecular complexity index is 961. The molecule has 0 aromatic heterocycles. The molecular weight excluding hydrogens is 364 g/mol. The van der Waals surface area contributed by atoms with Crippen molar-refractivity contribution < 1.29 is 4.68 Å². The molecule has 3 rings (SSSR count). The van der Waals surface area contributed by atoms with Gasteiger partial charge < -0.3 is 5.84 Å². The predicted molar refractivity (Wildman–Crippen MR) is 130 cm³/mol. The van der Waals surface area contributed by atoms with Crippen LogP contribution in [0, 0.1) is 0 Å². The third-order valence-electron chi connectivity index (χ3n) is 5.99. The second-order valence-corrected chi connectivity index (χ2v) is 8.15. The van der Waals surface area contributed by atoms with E-state index in [4.69, 9.17) is 5.84 Å². The number of unbranched alkanes of at least 4 members (excludes halogenated alkanes) is 1. The maximum absolute atomic E-state index is 9.08. The van der Waals surface area contributed by atoms with E-state index in [9.17, 15) is 0 Å². The molecule has 0 radical (unpaired) electrons.